The maximum Gasteiger partial charge on any atom is 0.209 e. The number of carbonyl (C=O) groups excluding carboxylic acids is 1. The van der Waals surface area contributed by atoms with Crippen molar-refractivity contribution in [2.45, 2.75) is 26.7 Å². The third-order valence-corrected chi connectivity index (χ3v) is 3.45. The van der Waals surface area contributed by atoms with Crippen molar-refractivity contribution in [2.75, 3.05) is 13.1 Å². The number of benzene rings is 1. The van der Waals surface area contributed by atoms with E-state index in [1.807, 2.05) is 23.1 Å². The van der Waals surface area contributed by atoms with Crippen LogP contribution in [0.25, 0.3) is 5.57 Å². The van der Waals surface area contributed by atoms with Gasteiger partial charge in [-0.25, -0.2) is 0 Å². The molecule has 20 heavy (non-hydrogen) atoms. The van der Waals surface area contributed by atoms with Crippen LogP contribution in [0.5, 0.6) is 0 Å². The molecular weight excluding hydrogens is 246 g/mol. The first-order valence-electron chi connectivity index (χ1n) is 7.19. The summed E-state index contributed by atoms with van der Waals surface area (Å²) in [7, 11) is 0. The fraction of sp³-hybridized carbons (Fsp3) is 0.389. The van der Waals surface area contributed by atoms with Crippen LogP contribution >= 0.6 is 0 Å². The number of hydrogen-bond donors (Lipinski definition) is 0. The van der Waals surface area contributed by atoms with E-state index in [0.29, 0.717) is 5.92 Å². The van der Waals surface area contributed by atoms with Gasteiger partial charge < -0.3 is 4.90 Å². The Hall–Kier alpha value is -2.01. The molecule has 0 N–H and O–H groups in total. The van der Waals surface area contributed by atoms with E-state index >= 15 is 0 Å². The molecule has 0 saturated carbocycles. The van der Waals surface area contributed by atoms with E-state index in [-0.39, 0.29) is 0 Å². The predicted molar refractivity (Wildman–Crippen MR) is 82.8 cm³/mol. The first kappa shape index (κ1) is 14.4. The Morgan fingerprint density at radius 2 is 1.85 bits per heavy atom. The highest BCUT2D eigenvalue weighted by molar-refractivity contribution is 5.81. The van der Waals surface area contributed by atoms with Gasteiger partial charge in [0.15, 0.2) is 0 Å². The fourth-order valence-corrected chi connectivity index (χ4v) is 2.34. The number of allylic oxidation sites excluding steroid dienone is 1. The molecule has 0 spiro atoms. The van der Waals surface area contributed by atoms with Crippen molar-refractivity contribution >= 4 is 12.0 Å². The summed E-state index contributed by atoms with van der Waals surface area (Å²) in [5.41, 5.74) is 3.72. The largest absolute Gasteiger partial charge is 0.345 e. The molecule has 1 heterocycles. The maximum absolute atomic E-state index is 10.8. The highest BCUT2D eigenvalue weighted by atomic mass is 16.1. The van der Waals surface area contributed by atoms with Crippen LogP contribution < -0.4 is 0 Å². The Morgan fingerprint density at radius 3 is 2.40 bits per heavy atom. The third kappa shape index (κ3) is 3.74. The second kappa shape index (κ2) is 6.96. The number of amides is 1. The molecule has 0 atom stereocenters. The molecule has 1 aromatic carbocycles. The number of hydrogen-bond acceptors (Lipinski definition) is 1. The molecule has 0 aromatic heterocycles. The second-order valence-corrected chi connectivity index (χ2v) is 5.41. The molecule has 1 aliphatic heterocycles. The SMILES string of the molecule is CC(C)C#CC(=C1CCN(C=O)CC1)c1ccccc1. The lowest BCUT2D eigenvalue weighted by molar-refractivity contribution is -0.118. The van der Waals surface area contributed by atoms with Gasteiger partial charge in [0.2, 0.25) is 6.41 Å². The normalized spacial score (nSPS) is 14.8. The maximum atomic E-state index is 10.8. The second-order valence-electron chi connectivity index (χ2n) is 5.41. The summed E-state index contributed by atoms with van der Waals surface area (Å²) >= 11 is 0. The molecule has 1 aliphatic rings. The van der Waals surface area contributed by atoms with E-state index < -0.39 is 0 Å². The lowest BCUT2D eigenvalue weighted by Crippen LogP contribution is -2.29. The Morgan fingerprint density at radius 1 is 1.20 bits per heavy atom. The standard InChI is InChI=1S/C18H21NO/c1-15(2)8-9-18(16-6-4-3-5-7-16)17-10-12-19(14-20)13-11-17/h3-7,14-15H,10-13H2,1-2H3. The molecule has 1 saturated heterocycles. The van der Waals surface area contributed by atoms with Crippen molar-refractivity contribution in [3.8, 4) is 11.8 Å². The van der Waals surface area contributed by atoms with Gasteiger partial charge in [-0.1, -0.05) is 61.6 Å². The molecule has 0 unspecified atom stereocenters. The van der Waals surface area contributed by atoms with Gasteiger partial charge in [0.05, 0.1) is 0 Å². The minimum atomic E-state index is 0.365. The van der Waals surface area contributed by atoms with Crippen LogP contribution in [0.3, 0.4) is 0 Å². The number of rotatable bonds is 2. The first-order valence-corrected chi connectivity index (χ1v) is 7.19. The summed E-state index contributed by atoms with van der Waals surface area (Å²) in [6.07, 6.45) is 2.80. The predicted octanol–water partition coefficient (Wildman–Crippen LogP) is 3.35. The summed E-state index contributed by atoms with van der Waals surface area (Å²) < 4.78 is 0. The smallest absolute Gasteiger partial charge is 0.209 e. The fourth-order valence-electron chi connectivity index (χ4n) is 2.34. The van der Waals surface area contributed by atoms with Crippen molar-refractivity contribution in [1.82, 2.24) is 4.90 Å². The van der Waals surface area contributed by atoms with Crippen LogP contribution in [-0.2, 0) is 4.79 Å². The lowest BCUT2D eigenvalue weighted by atomic mass is 9.93. The Labute approximate surface area is 121 Å². The summed E-state index contributed by atoms with van der Waals surface area (Å²) in [6.45, 7) is 5.82. The minimum absolute atomic E-state index is 0.365. The van der Waals surface area contributed by atoms with Gasteiger partial charge in [0.1, 0.15) is 0 Å². The average molecular weight is 267 g/mol. The van der Waals surface area contributed by atoms with Gasteiger partial charge in [-0.3, -0.25) is 4.79 Å². The van der Waals surface area contributed by atoms with Gasteiger partial charge in [-0.05, 0) is 18.4 Å². The van der Waals surface area contributed by atoms with Crippen LogP contribution in [0.4, 0.5) is 0 Å². The molecular formula is C18H21NO. The quantitative estimate of drug-likeness (QED) is 0.594. The van der Waals surface area contributed by atoms with Crippen LogP contribution in [0.1, 0.15) is 32.3 Å². The summed E-state index contributed by atoms with van der Waals surface area (Å²) in [5.74, 6) is 7.00. The molecule has 1 aromatic rings. The first-order chi connectivity index (χ1) is 9.70. The van der Waals surface area contributed by atoms with E-state index in [2.05, 4.69) is 37.8 Å². The van der Waals surface area contributed by atoms with E-state index in [1.54, 1.807) is 0 Å². The van der Waals surface area contributed by atoms with E-state index in [1.165, 1.54) is 11.1 Å². The molecule has 1 fully saturated rings. The molecule has 0 bridgehead atoms. The average Bonchev–Trinajstić information content (AvgIpc) is 2.49. The van der Waals surface area contributed by atoms with Crippen LogP contribution in [0.15, 0.2) is 35.9 Å². The van der Waals surface area contributed by atoms with Gasteiger partial charge in [-0.2, -0.15) is 0 Å². The topological polar surface area (TPSA) is 20.3 Å². The summed E-state index contributed by atoms with van der Waals surface area (Å²) in [5, 5.41) is 0. The van der Waals surface area contributed by atoms with Gasteiger partial charge >= 0.3 is 0 Å². The number of carbonyl (C=O) groups is 1. The van der Waals surface area contributed by atoms with Gasteiger partial charge in [0, 0.05) is 24.6 Å². The third-order valence-electron chi connectivity index (χ3n) is 3.45. The number of piperidine rings is 1. The van der Waals surface area contributed by atoms with Crippen molar-refractivity contribution in [3.63, 3.8) is 0 Å². The van der Waals surface area contributed by atoms with E-state index in [4.69, 9.17) is 0 Å². The molecule has 104 valence electrons. The minimum Gasteiger partial charge on any atom is -0.345 e. The molecule has 2 heteroatoms. The van der Waals surface area contributed by atoms with E-state index in [9.17, 15) is 4.79 Å². The number of likely N-dealkylation sites (tertiary alicyclic amines) is 1. The highest BCUT2D eigenvalue weighted by Crippen LogP contribution is 2.26. The molecule has 0 radical (unpaired) electrons. The Bertz CT molecular complexity index is 536. The highest BCUT2D eigenvalue weighted by Gasteiger charge is 2.15. The van der Waals surface area contributed by atoms with Gasteiger partial charge in [0.25, 0.3) is 0 Å². The van der Waals surface area contributed by atoms with Crippen molar-refractivity contribution in [1.29, 1.82) is 0 Å². The molecule has 2 rings (SSSR count). The zero-order chi connectivity index (χ0) is 14.4. The Balaban J connectivity index is 2.33. The van der Waals surface area contributed by atoms with Crippen molar-refractivity contribution in [3.05, 3.63) is 41.5 Å². The molecule has 0 aliphatic carbocycles. The molecule has 2 nitrogen and oxygen atoms in total. The van der Waals surface area contributed by atoms with Crippen molar-refractivity contribution < 1.29 is 4.79 Å². The lowest BCUT2D eigenvalue weighted by Gasteiger charge is -2.25. The van der Waals surface area contributed by atoms with Crippen molar-refractivity contribution in [2.24, 2.45) is 5.92 Å². The zero-order valence-corrected chi connectivity index (χ0v) is 12.2. The Kier molecular flexibility index (Phi) is 5.01. The van der Waals surface area contributed by atoms with Crippen LogP contribution in [0.2, 0.25) is 0 Å². The van der Waals surface area contributed by atoms with Crippen LogP contribution in [-0.4, -0.2) is 24.4 Å². The van der Waals surface area contributed by atoms with E-state index in [0.717, 1.165) is 37.9 Å². The van der Waals surface area contributed by atoms with Crippen LogP contribution in [0, 0.1) is 17.8 Å². The van der Waals surface area contributed by atoms with Gasteiger partial charge in [-0.15, -0.1) is 0 Å². The monoisotopic (exact) mass is 267 g/mol. The summed E-state index contributed by atoms with van der Waals surface area (Å²) in [4.78, 5) is 12.6. The molecule has 1 amide bonds. The number of nitrogens with zero attached hydrogens (tertiary/aromatic N) is 1. The zero-order valence-electron chi connectivity index (χ0n) is 12.2. The summed E-state index contributed by atoms with van der Waals surface area (Å²) in [6, 6.07) is 10.4.